The van der Waals surface area contributed by atoms with Gasteiger partial charge in [-0.05, 0) is 0 Å². The maximum Gasteiger partial charge on any atom is 0.346 e. The highest BCUT2D eigenvalue weighted by Gasteiger charge is 2.77. The van der Waals surface area contributed by atoms with Crippen LogP contribution in [0.4, 0.5) is 0 Å². The number of amides is 1. The Kier molecular flexibility index (Phi) is 4.44. The molecule has 0 unspecified atom stereocenters. The third-order valence-corrected chi connectivity index (χ3v) is 5.12. The fourth-order valence-corrected chi connectivity index (χ4v) is 4.01. The number of nitrogens with zero attached hydrogens (tertiary/aromatic N) is 3. The molecule has 1 spiro atoms. The van der Waals surface area contributed by atoms with Crippen LogP contribution in [0.1, 0.15) is 6.42 Å². The van der Waals surface area contributed by atoms with Gasteiger partial charge in [-0.2, -0.15) is 0 Å². The molecular weight excluding hydrogens is 350 g/mol. The molecule has 146 valence electrons. The molecular formula is C13H24N7O6+. The first-order chi connectivity index (χ1) is 12.2. The number of hydrogen-bond acceptors (Lipinski definition) is 11. The highest BCUT2D eigenvalue weighted by Crippen LogP contribution is 2.44. The van der Waals surface area contributed by atoms with Gasteiger partial charge in [0.25, 0.3) is 11.4 Å². The molecule has 0 aromatic rings. The molecule has 0 radical (unpaired) electrons. The first-order valence-electron chi connectivity index (χ1n) is 8.04. The summed E-state index contributed by atoms with van der Waals surface area (Å²) in [4.78, 5) is 21.8. The van der Waals surface area contributed by atoms with E-state index in [1.807, 2.05) is 0 Å². The lowest BCUT2D eigenvalue weighted by Gasteiger charge is -2.46. The molecule has 13 nitrogen and oxygen atoms in total. The van der Waals surface area contributed by atoms with Gasteiger partial charge in [-0.15, -0.1) is 0 Å². The van der Waals surface area contributed by atoms with Crippen LogP contribution in [-0.4, -0.2) is 104 Å². The van der Waals surface area contributed by atoms with E-state index in [1.165, 1.54) is 16.6 Å². The van der Waals surface area contributed by atoms with Crippen molar-refractivity contribution in [2.75, 3.05) is 26.8 Å². The number of nitrogens with one attached hydrogen (secondary N) is 2. The van der Waals surface area contributed by atoms with Crippen molar-refractivity contribution in [2.24, 2.45) is 16.5 Å². The molecule has 0 aromatic heterocycles. The van der Waals surface area contributed by atoms with E-state index in [0.717, 1.165) is 0 Å². The molecule has 0 bridgehead atoms. The summed E-state index contributed by atoms with van der Waals surface area (Å²) in [5.41, 5.74) is 12.4. The van der Waals surface area contributed by atoms with Gasteiger partial charge in [0, 0.05) is 0 Å². The first kappa shape index (κ1) is 18.6. The summed E-state index contributed by atoms with van der Waals surface area (Å²) in [5.74, 6) is -3.08. The first-order valence-corrected chi connectivity index (χ1v) is 8.04. The number of carbonyl (C=O) groups is 1. The Morgan fingerprint density at radius 2 is 2.23 bits per heavy atom. The molecule has 3 rings (SSSR count). The molecule has 0 aliphatic carbocycles. The van der Waals surface area contributed by atoms with Crippen molar-refractivity contribution in [1.82, 2.24) is 15.7 Å². The van der Waals surface area contributed by atoms with E-state index in [4.69, 9.17) is 11.5 Å². The Bertz CT molecular complexity index is 667. The molecule has 4 atom stereocenters. The van der Waals surface area contributed by atoms with Crippen LogP contribution in [0.15, 0.2) is 4.99 Å². The highest BCUT2D eigenvalue weighted by atomic mass is 16.6. The van der Waals surface area contributed by atoms with E-state index >= 15 is 0 Å². The number of hydrogen-bond donors (Lipinski definition) is 8. The van der Waals surface area contributed by atoms with Gasteiger partial charge in [-0.1, -0.05) is 0 Å². The van der Waals surface area contributed by atoms with Crippen LogP contribution in [0.3, 0.4) is 0 Å². The van der Waals surface area contributed by atoms with Crippen LogP contribution in [0, 0.1) is 0 Å². The average Bonchev–Trinajstić information content (AvgIpc) is 2.98. The second-order valence-electron chi connectivity index (χ2n) is 6.48. The zero-order valence-electron chi connectivity index (χ0n) is 14.2. The monoisotopic (exact) mass is 374 g/mol. The van der Waals surface area contributed by atoms with Crippen LogP contribution >= 0.6 is 0 Å². The van der Waals surface area contributed by atoms with Crippen LogP contribution < -0.4 is 22.3 Å². The molecule has 13 heteroatoms. The lowest BCUT2D eigenvalue weighted by Crippen LogP contribution is -2.78. The quantitative estimate of drug-likeness (QED) is 0.130. The van der Waals surface area contributed by atoms with Gasteiger partial charge in [0.15, 0.2) is 12.0 Å². The van der Waals surface area contributed by atoms with Crippen LogP contribution in [0.25, 0.3) is 0 Å². The summed E-state index contributed by atoms with van der Waals surface area (Å²) >= 11 is 0. The van der Waals surface area contributed by atoms with Gasteiger partial charge < -0.3 is 26.2 Å². The number of rotatable bonds is 5. The maximum absolute atomic E-state index is 11.7. The smallest absolute Gasteiger partial charge is 0.346 e. The third-order valence-electron chi connectivity index (χ3n) is 5.12. The number of guanidine groups is 2. The number of carbonyl (C=O) groups excluding carboxylic acids is 1. The van der Waals surface area contributed by atoms with Crippen LogP contribution in [0.2, 0.25) is 0 Å². The zero-order chi connectivity index (χ0) is 19.3. The van der Waals surface area contributed by atoms with Gasteiger partial charge in [0.2, 0.25) is 5.91 Å². The van der Waals surface area contributed by atoms with E-state index in [1.54, 1.807) is 0 Å². The molecule has 26 heavy (non-hydrogen) atoms. The van der Waals surface area contributed by atoms with Crippen molar-refractivity contribution in [3.63, 3.8) is 0 Å². The predicted molar refractivity (Wildman–Crippen MR) is 86.1 cm³/mol. The second-order valence-corrected chi connectivity index (χ2v) is 6.48. The fraction of sp³-hybridized carbons (Fsp3) is 0.769. The van der Waals surface area contributed by atoms with E-state index in [0.29, 0.717) is 0 Å². The molecule has 3 aliphatic heterocycles. The predicted octanol–water partition coefficient (Wildman–Crippen LogP) is -5.90. The second kappa shape index (κ2) is 6.21. The zero-order valence-corrected chi connectivity index (χ0v) is 14.2. The Labute approximate surface area is 148 Å². The molecule has 0 saturated carbocycles. The summed E-state index contributed by atoms with van der Waals surface area (Å²) < 4.78 is 1.50. The number of aliphatic imine (C=N–C) groups is 1. The Hall–Kier alpha value is -2.19. The highest BCUT2D eigenvalue weighted by molar-refractivity contribution is 5.84. The van der Waals surface area contributed by atoms with Crippen molar-refractivity contribution in [1.29, 1.82) is 0 Å². The van der Waals surface area contributed by atoms with E-state index in [2.05, 4.69) is 20.6 Å². The molecule has 1 fully saturated rings. The minimum absolute atomic E-state index is 0.0213. The topological polar surface area (TPSA) is 202 Å². The Balaban J connectivity index is 2.00. The van der Waals surface area contributed by atoms with Gasteiger partial charge >= 0.3 is 5.96 Å². The largest absolute Gasteiger partial charge is 0.394 e. The third kappa shape index (κ3) is 2.32. The molecule has 3 heterocycles. The number of hydroxylamine groups is 1. The average molecular weight is 374 g/mol. The van der Waals surface area contributed by atoms with E-state index in [-0.39, 0.29) is 31.4 Å². The van der Waals surface area contributed by atoms with Crippen molar-refractivity contribution < 1.29 is 34.6 Å². The van der Waals surface area contributed by atoms with Crippen molar-refractivity contribution >= 4 is 17.8 Å². The number of aliphatic hydroxyl groups is 4. The SMILES string of the molecule is CONC(=O)CC[N+]1=C(N)N[C@@]23[C@@H]1[C@H](CO)N=C(N)N2C[C@H](O)C3(O)O. The van der Waals surface area contributed by atoms with Gasteiger partial charge in [-0.25, -0.2) is 15.8 Å². The normalized spacial score (nSPS) is 34.9. The lowest BCUT2D eigenvalue weighted by atomic mass is 9.85. The van der Waals surface area contributed by atoms with Crippen molar-refractivity contribution in [3.8, 4) is 0 Å². The minimum atomic E-state index is -2.64. The van der Waals surface area contributed by atoms with Gasteiger partial charge in [-0.3, -0.25) is 24.8 Å². The Morgan fingerprint density at radius 3 is 2.85 bits per heavy atom. The van der Waals surface area contributed by atoms with E-state index < -0.39 is 42.2 Å². The molecule has 10 N–H and O–H groups in total. The standard InChI is InChI=1S/C13H23N7O6/c1-26-18-8(23)2-3-19-9-6(5-21)16-10(14)20-4-7(22)13(24,25)12(9,20)17-11(19)15/h6-7,9,21-22,24-25H,2-5H2,1H3,(H5,14,15,16,17,18,23)/p+1/t6-,7-,9-,12-/m0/s1. The summed E-state index contributed by atoms with van der Waals surface area (Å²) in [7, 11) is 1.30. The summed E-state index contributed by atoms with van der Waals surface area (Å²) in [5, 5.41) is 44.1. The summed E-state index contributed by atoms with van der Waals surface area (Å²) in [6, 6.07) is -1.77. The molecule has 0 aromatic carbocycles. The summed E-state index contributed by atoms with van der Waals surface area (Å²) in [6.07, 6.45) is -1.58. The molecule has 1 saturated heterocycles. The molecule has 1 amide bonds. The van der Waals surface area contributed by atoms with Crippen LogP contribution in [0.5, 0.6) is 0 Å². The van der Waals surface area contributed by atoms with Crippen molar-refractivity contribution in [2.45, 2.75) is 36.1 Å². The minimum Gasteiger partial charge on any atom is -0.394 e. The van der Waals surface area contributed by atoms with E-state index in [9.17, 15) is 25.2 Å². The Morgan fingerprint density at radius 1 is 1.54 bits per heavy atom. The van der Waals surface area contributed by atoms with Gasteiger partial charge in [0.1, 0.15) is 12.1 Å². The maximum atomic E-state index is 11.7. The van der Waals surface area contributed by atoms with Gasteiger partial charge in [0.05, 0.1) is 33.2 Å². The molecule has 3 aliphatic rings. The lowest BCUT2D eigenvalue weighted by molar-refractivity contribution is -0.578. The fourth-order valence-electron chi connectivity index (χ4n) is 4.01. The number of nitrogens with two attached hydrogens (primary N) is 2. The summed E-state index contributed by atoms with van der Waals surface area (Å²) in [6.45, 7) is -0.579. The van der Waals surface area contributed by atoms with Crippen molar-refractivity contribution in [3.05, 3.63) is 0 Å². The number of aliphatic hydroxyl groups excluding tert-OH is 2. The van der Waals surface area contributed by atoms with Crippen LogP contribution in [-0.2, 0) is 9.63 Å².